The zero-order valence-electron chi connectivity index (χ0n) is 13.7. The van der Waals surface area contributed by atoms with E-state index in [1.807, 2.05) is 0 Å². The fraction of sp³-hybridized carbons (Fsp3) is 0.333. The number of carbonyl (C=O) groups is 1. The molecule has 1 aliphatic rings. The van der Waals surface area contributed by atoms with E-state index in [0.29, 0.717) is 21.9 Å². The number of rotatable bonds is 3. The lowest BCUT2D eigenvalue weighted by molar-refractivity contribution is -0.384. The molecule has 0 spiro atoms. The Morgan fingerprint density at radius 2 is 2.08 bits per heavy atom. The molecule has 0 unspecified atom stereocenters. The van der Waals surface area contributed by atoms with Gasteiger partial charge in [0.25, 0.3) is 11.6 Å². The van der Waals surface area contributed by atoms with Crippen LogP contribution in [0.2, 0.25) is 5.02 Å². The molecule has 1 amide bonds. The zero-order chi connectivity index (χ0) is 18.2. The minimum absolute atomic E-state index is 0.0421. The van der Waals surface area contributed by atoms with Crippen LogP contribution in [-0.4, -0.2) is 46.9 Å². The average molecular weight is 369 g/mol. The van der Waals surface area contributed by atoms with E-state index in [1.54, 1.807) is 39.0 Å². The number of nitro groups is 1. The lowest BCUT2D eigenvalue weighted by Crippen LogP contribution is -2.47. The van der Waals surface area contributed by atoms with E-state index < -0.39 is 11.0 Å². The summed E-state index contributed by atoms with van der Waals surface area (Å²) in [4.78, 5) is 26.4. The third-order valence-corrected chi connectivity index (χ3v) is 4.60. The highest BCUT2D eigenvalue weighted by Gasteiger charge is 2.34. The number of likely N-dealkylation sites (N-methyl/N-ethyl adjacent to an activating group) is 1. The molecule has 128 valence electrons. The Morgan fingerprint density at radius 1 is 1.46 bits per heavy atom. The summed E-state index contributed by atoms with van der Waals surface area (Å²) < 4.78 is 0. The fourth-order valence-corrected chi connectivity index (χ4v) is 2.89. The van der Waals surface area contributed by atoms with Crippen LogP contribution in [0.25, 0.3) is 0 Å². The minimum atomic E-state index is -0.584. The maximum Gasteiger partial charge on any atom is 0.288 e. The molecule has 1 heterocycles. The van der Waals surface area contributed by atoms with E-state index in [9.17, 15) is 14.9 Å². The third-order valence-electron chi connectivity index (χ3n) is 3.89. The lowest BCUT2D eigenvalue weighted by Gasteiger charge is -2.36. The Bertz CT molecular complexity index is 763. The number of amides is 1. The molecule has 7 nitrogen and oxygen atoms in total. The van der Waals surface area contributed by atoms with Gasteiger partial charge >= 0.3 is 0 Å². The third kappa shape index (κ3) is 3.20. The van der Waals surface area contributed by atoms with Gasteiger partial charge in [0.1, 0.15) is 5.02 Å². The number of nitrogens with zero attached hydrogens (tertiary/aromatic N) is 3. The van der Waals surface area contributed by atoms with Gasteiger partial charge in [-0.05, 0) is 30.8 Å². The van der Waals surface area contributed by atoms with Crippen LogP contribution in [-0.2, 0) is 4.79 Å². The molecular weight excluding hydrogens is 352 g/mol. The summed E-state index contributed by atoms with van der Waals surface area (Å²) in [5.74, 6) is -0.197. The van der Waals surface area contributed by atoms with Gasteiger partial charge in [-0.2, -0.15) is 0 Å². The van der Waals surface area contributed by atoms with Crippen molar-refractivity contribution in [3.8, 4) is 0 Å². The summed E-state index contributed by atoms with van der Waals surface area (Å²) in [6.45, 7) is 1.79. The molecule has 1 aromatic carbocycles. The van der Waals surface area contributed by atoms with E-state index in [4.69, 9.17) is 23.8 Å². The van der Waals surface area contributed by atoms with E-state index in [0.717, 1.165) is 0 Å². The van der Waals surface area contributed by atoms with Crippen molar-refractivity contribution in [3.05, 3.63) is 50.2 Å². The molecular formula is C15H17ClN4O3S. The Balaban J connectivity index is 2.62. The molecule has 1 N–H and O–H groups in total. The van der Waals surface area contributed by atoms with E-state index in [1.165, 1.54) is 17.0 Å². The number of benzene rings is 1. The van der Waals surface area contributed by atoms with E-state index in [-0.39, 0.29) is 16.6 Å². The number of hydrogen-bond acceptors (Lipinski definition) is 4. The first-order valence-corrected chi connectivity index (χ1v) is 7.84. The van der Waals surface area contributed by atoms with Crippen LogP contribution in [0.3, 0.4) is 0 Å². The van der Waals surface area contributed by atoms with Gasteiger partial charge in [0.15, 0.2) is 5.11 Å². The quantitative estimate of drug-likeness (QED) is 0.501. The molecule has 0 saturated heterocycles. The SMILES string of the molecule is CC1=C(C(=O)N(C)C)[C@H](c2ccc(Cl)c([N+](=O)[O-])c2)NC(=S)N1C. The number of nitrogens with one attached hydrogen (secondary N) is 1. The first kappa shape index (κ1) is 18.2. The standard InChI is InChI=1S/C15H17ClN4O3S/c1-8-12(14(21)18(2)3)13(17-15(24)19(8)4)9-5-6-10(16)11(7-9)20(22)23/h5-7,13H,1-4H3,(H,17,24)/t13-/m0/s1. The maximum atomic E-state index is 12.6. The van der Waals surface area contributed by atoms with Gasteiger partial charge in [0.05, 0.1) is 16.5 Å². The Kier molecular flexibility index (Phi) is 5.10. The first-order valence-electron chi connectivity index (χ1n) is 7.05. The highest BCUT2D eigenvalue weighted by atomic mass is 35.5. The molecule has 0 bridgehead atoms. The van der Waals surface area contributed by atoms with Gasteiger partial charge in [0, 0.05) is 32.9 Å². The van der Waals surface area contributed by atoms with Gasteiger partial charge in [-0.3, -0.25) is 14.9 Å². The Morgan fingerprint density at radius 3 is 2.62 bits per heavy atom. The zero-order valence-corrected chi connectivity index (χ0v) is 15.2. The number of hydrogen-bond donors (Lipinski definition) is 1. The summed E-state index contributed by atoms with van der Waals surface area (Å²) in [6.07, 6.45) is 0. The Labute approximate surface area is 150 Å². The second-order valence-corrected chi connectivity index (χ2v) is 6.40. The van der Waals surface area contributed by atoms with Crippen molar-refractivity contribution < 1.29 is 9.72 Å². The largest absolute Gasteiger partial charge is 0.351 e. The monoisotopic (exact) mass is 368 g/mol. The van der Waals surface area contributed by atoms with Crippen molar-refractivity contribution in [2.24, 2.45) is 0 Å². The van der Waals surface area contributed by atoms with Gasteiger partial charge in [-0.25, -0.2) is 0 Å². The van der Waals surface area contributed by atoms with Gasteiger partial charge < -0.3 is 15.1 Å². The van der Waals surface area contributed by atoms with Crippen LogP contribution in [0.1, 0.15) is 18.5 Å². The van der Waals surface area contributed by atoms with E-state index >= 15 is 0 Å². The fourth-order valence-electron chi connectivity index (χ4n) is 2.45. The number of nitro benzene ring substituents is 1. The Hall–Kier alpha value is -2.19. The van der Waals surface area contributed by atoms with Gasteiger partial charge in [-0.15, -0.1) is 0 Å². The molecule has 0 aromatic heterocycles. The topological polar surface area (TPSA) is 78.7 Å². The van der Waals surface area contributed by atoms with Crippen LogP contribution in [0.5, 0.6) is 0 Å². The maximum absolute atomic E-state index is 12.6. The van der Waals surface area contributed by atoms with Gasteiger partial charge in [-0.1, -0.05) is 17.7 Å². The normalized spacial score (nSPS) is 17.6. The lowest BCUT2D eigenvalue weighted by atomic mass is 9.94. The number of thiocarbonyl (C=S) groups is 1. The van der Waals surface area contributed by atoms with Crippen molar-refractivity contribution in [1.29, 1.82) is 0 Å². The smallest absolute Gasteiger partial charge is 0.288 e. The highest BCUT2D eigenvalue weighted by molar-refractivity contribution is 7.80. The van der Waals surface area contributed by atoms with E-state index in [2.05, 4.69) is 5.32 Å². The molecule has 0 fully saturated rings. The van der Waals surface area contributed by atoms with Crippen molar-refractivity contribution >= 4 is 40.5 Å². The van der Waals surface area contributed by atoms with Crippen molar-refractivity contribution in [1.82, 2.24) is 15.1 Å². The van der Waals surface area contributed by atoms with Crippen LogP contribution in [0.4, 0.5) is 5.69 Å². The number of carbonyl (C=O) groups excluding carboxylic acids is 1. The van der Waals surface area contributed by atoms with Crippen molar-refractivity contribution in [2.45, 2.75) is 13.0 Å². The summed E-state index contributed by atoms with van der Waals surface area (Å²) in [5, 5.41) is 14.7. The molecule has 2 rings (SSSR count). The molecule has 0 saturated carbocycles. The van der Waals surface area contributed by atoms with Crippen molar-refractivity contribution in [2.75, 3.05) is 21.1 Å². The van der Waals surface area contributed by atoms with Crippen LogP contribution in [0.15, 0.2) is 29.5 Å². The van der Waals surface area contributed by atoms with Crippen molar-refractivity contribution in [3.63, 3.8) is 0 Å². The molecule has 1 aromatic rings. The molecule has 0 radical (unpaired) electrons. The highest BCUT2D eigenvalue weighted by Crippen LogP contribution is 2.34. The second-order valence-electron chi connectivity index (χ2n) is 5.61. The predicted octanol–water partition coefficient (Wildman–Crippen LogP) is 2.47. The first-order chi connectivity index (χ1) is 11.1. The van der Waals surface area contributed by atoms with Crippen LogP contribution >= 0.6 is 23.8 Å². The van der Waals surface area contributed by atoms with Gasteiger partial charge in [0.2, 0.25) is 0 Å². The molecule has 24 heavy (non-hydrogen) atoms. The molecule has 1 aliphatic heterocycles. The summed E-state index contributed by atoms with van der Waals surface area (Å²) in [7, 11) is 5.06. The summed E-state index contributed by atoms with van der Waals surface area (Å²) in [6, 6.07) is 3.88. The summed E-state index contributed by atoms with van der Waals surface area (Å²) in [5.41, 5.74) is 1.51. The predicted molar refractivity (Wildman–Crippen MR) is 95.7 cm³/mol. The molecule has 1 atom stereocenters. The molecule has 0 aliphatic carbocycles. The van der Waals surface area contributed by atoms with Crippen LogP contribution in [0, 0.1) is 10.1 Å². The molecule has 9 heteroatoms. The number of allylic oxidation sites excluding steroid dienone is 1. The summed E-state index contributed by atoms with van der Waals surface area (Å²) >= 11 is 11.2. The average Bonchev–Trinajstić information content (AvgIpc) is 2.51. The second kappa shape index (κ2) is 6.74. The minimum Gasteiger partial charge on any atom is -0.351 e. The van der Waals surface area contributed by atoms with Crippen LogP contribution < -0.4 is 5.32 Å². The number of halogens is 1.